The molecule has 0 amide bonds. The van der Waals surface area contributed by atoms with E-state index in [1.807, 2.05) is 12.1 Å². The highest BCUT2D eigenvalue weighted by Crippen LogP contribution is 2.39. The first kappa shape index (κ1) is 25.7. The SMILES string of the molecule is COC(=O)C1CN1C(C(=O)OC1CCNCC1)c1ccc(C=C(C#N)c2ccc(OC)c(OC)c2)s1. The van der Waals surface area contributed by atoms with Crippen molar-refractivity contribution in [2.45, 2.75) is 31.0 Å². The number of hydrogen-bond acceptors (Lipinski definition) is 10. The van der Waals surface area contributed by atoms with Gasteiger partial charge < -0.3 is 24.3 Å². The fourth-order valence-electron chi connectivity index (χ4n) is 4.26. The molecule has 0 saturated carbocycles. The van der Waals surface area contributed by atoms with E-state index in [1.54, 1.807) is 43.4 Å². The number of benzene rings is 1. The van der Waals surface area contributed by atoms with Gasteiger partial charge in [0.15, 0.2) is 11.5 Å². The predicted molar refractivity (Wildman–Crippen MR) is 135 cm³/mol. The molecule has 2 aromatic rings. The minimum Gasteiger partial charge on any atom is -0.493 e. The van der Waals surface area contributed by atoms with E-state index in [1.165, 1.54) is 18.4 Å². The first-order valence-corrected chi connectivity index (χ1v) is 12.5. The summed E-state index contributed by atoms with van der Waals surface area (Å²) in [7, 11) is 4.44. The van der Waals surface area contributed by atoms with Gasteiger partial charge in [0.25, 0.3) is 0 Å². The lowest BCUT2D eigenvalue weighted by atomic mass is 10.1. The van der Waals surface area contributed by atoms with Gasteiger partial charge in [0, 0.05) is 16.3 Å². The Morgan fingerprint density at radius 3 is 2.56 bits per heavy atom. The van der Waals surface area contributed by atoms with Gasteiger partial charge in [0.05, 0.1) is 33.0 Å². The van der Waals surface area contributed by atoms with Gasteiger partial charge in [-0.3, -0.25) is 9.69 Å². The molecule has 9 nitrogen and oxygen atoms in total. The molecule has 0 aliphatic carbocycles. The number of piperidine rings is 1. The highest BCUT2D eigenvalue weighted by Gasteiger charge is 2.50. The lowest BCUT2D eigenvalue weighted by molar-refractivity contribution is -0.155. The topological polar surface area (TPSA) is 110 Å². The molecule has 0 spiro atoms. The maximum Gasteiger partial charge on any atom is 0.329 e. The van der Waals surface area contributed by atoms with Crippen LogP contribution in [0, 0.1) is 11.3 Å². The zero-order valence-electron chi connectivity index (χ0n) is 20.5. The van der Waals surface area contributed by atoms with Gasteiger partial charge in [0.2, 0.25) is 0 Å². The molecule has 2 aliphatic heterocycles. The molecule has 2 fully saturated rings. The molecule has 3 atom stereocenters. The number of carbonyl (C=O) groups is 2. The van der Waals surface area contributed by atoms with E-state index in [0.29, 0.717) is 29.2 Å². The Hall–Kier alpha value is -3.39. The number of nitrogens with one attached hydrogen (secondary N) is 1. The van der Waals surface area contributed by atoms with Gasteiger partial charge >= 0.3 is 11.9 Å². The Morgan fingerprint density at radius 2 is 1.89 bits per heavy atom. The summed E-state index contributed by atoms with van der Waals surface area (Å²) in [6.07, 6.45) is 3.14. The largest absolute Gasteiger partial charge is 0.493 e. The molecule has 1 aromatic carbocycles. The van der Waals surface area contributed by atoms with E-state index in [-0.39, 0.29) is 18.0 Å². The molecule has 0 radical (unpaired) electrons. The highest BCUT2D eigenvalue weighted by molar-refractivity contribution is 7.13. The number of allylic oxidation sites excluding steroid dienone is 1. The number of nitrogens with zero attached hydrogens (tertiary/aromatic N) is 2. The molecule has 1 aromatic heterocycles. The second kappa shape index (κ2) is 11.6. The second-order valence-corrected chi connectivity index (χ2v) is 9.65. The number of hydrogen-bond donors (Lipinski definition) is 1. The fraction of sp³-hybridized carbons (Fsp3) is 0.423. The number of nitriles is 1. The average Bonchev–Trinajstić information content (AvgIpc) is 3.55. The van der Waals surface area contributed by atoms with Crippen LogP contribution in [-0.2, 0) is 19.1 Å². The van der Waals surface area contributed by atoms with Crippen LogP contribution in [0.15, 0.2) is 30.3 Å². The Kier molecular flexibility index (Phi) is 8.25. The number of thiophene rings is 1. The third-order valence-corrected chi connectivity index (χ3v) is 7.35. The van der Waals surface area contributed by atoms with Crippen molar-refractivity contribution in [2.24, 2.45) is 0 Å². The first-order valence-electron chi connectivity index (χ1n) is 11.7. The minimum absolute atomic E-state index is 0.146. The van der Waals surface area contributed by atoms with Gasteiger partial charge in [0.1, 0.15) is 18.2 Å². The minimum atomic E-state index is -0.706. The maximum absolute atomic E-state index is 13.3. The molecule has 10 heteroatoms. The molecule has 3 heterocycles. The molecule has 0 bridgehead atoms. The zero-order chi connectivity index (χ0) is 25.7. The van der Waals surface area contributed by atoms with Crippen LogP contribution in [0.4, 0.5) is 0 Å². The fourth-order valence-corrected chi connectivity index (χ4v) is 5.32. The number of esters is 2. The third kappa shape index (κ3) is 5.70. The van der Waals surface area contributed by atoms with Crippen LogP contribution in [0.1, 0.15) is 34.2 Å². The Labute approximate surface area is 214 Å². The molecular formula is C26H29N3O6S. The van der Waals surface area contributed by atoms with E-state index in [0.717, 1.165) is 35.7 Å². The summed E-state index contributed by atoms with van der Waals surface area (Å²) in [5, 5.41) is 13.1. The third-order valence-electron chi connectivity index (χ3n) is 6.27. The molecule has 2 aliphatic rings. The van der Waals surface area contributed by atoms with Gasteiger partial charge in [-0.15, -0.1) is 11.3 Å². The predicted octanol–water partition coefficient (Wildman–Crippen LogP) is 3.02. The highest BCUT2D eigenvalue weighted by atomic mass is 32.1. The quantitative estimate of drug-likeness (QED) is 0.309. The second-order valence-electron chi connectivity index (χ2n) is 8.50. The lowest BCUT2D eigenvalue weighted by Crippen LogP contribution is -2.36. The monoisotopic (exact) mass is 511 g/mol. The van der Waals surface area contributed by atoms with Crippen molar-refractivity contribution in [3.8, 4) is 17.6 Å². The Balaban J connectivity index is 1.59. The van der Waals surface area contributed by atoms with Crippen LogP contribution >= 0.6 is 11.3 Å². The summed E-state index contributed by atoms with van der Waals surface area (Å²) in [4.78, 5) is 28.7. The van der Waals surface area contributed by atoms with Crippen molar-refractivity contribution in [3.63, 3.8) is 0 Å². The maximum atomic E-state index is 13.3. The molecule has 2 saturated heterocycles. The first-order chi connectivity index (χ1) is 17.5. The standard InChI is InChI=1S/C26H29N3O6S/c1-32-21-6-4-16(13-22(21)33-2)17(14-27)12-19-5-7-23(36-19)24(29-15-20(29)25(30)34-3)26(31)35-18-8-10-28-11-9-18/h4-7,12-13,18,20,24,28H,8-11,15H2,1-3H3. The zero-order valence-corrected chi connectivity index (χ0v) is 21.3. The molecule has 4 rings (SSSR count). The van der Waals surface area contributed by atoms with E-state index in [9.17, 15) is 14.9 Å². The number of methoxy groups -OCH3 is 3. The molecule has 1 N–H and O–H groups in total. The van der Waals surface area contributed by atoms with Crippen molar-refractivity contribution in [3.05, 3.63) is 45.6 Å². The summed E-state index contributed by atoms with van der Waals surface area (Å²) in [6.45, 7) is 2.03. The smallest absolute Gasteiger partial charge is 0.329 e. The van der Waals surface area contributed by atoms with Crippen molar-refractivity contribution in [1.82, 2.24) is 10.2 Å². The van der Waals surface area contributed by atoms with Gasteiger partial charge in [-0.25, -0.2) is 4.79 Å². The number of ether oxygens (including phenoxy) is 4. The molecule has 36 heavy (non-hydrogen) atoms. The molecule has 3 unspecified atom stereocenters. The van der Waals surface area contributed by atoms with Crippen molar-refractivity contribution in [2.75, 3.05) is 41.0 Å². The average molecular weight is 512 g/mol. The van der Waals surface area contributed by atoms with Crippen LogP contribution < -0.4 is 14.8 Å². The van der Waals surface area contributed by atoms with Crippen molar-refractivity contribution < 1.29 is 28.5 Å². The van der Waals surface area contributed by atoms with Crippen LogP contribution in [0.3, 0.4) is 0 Å². The number of carbonyl (C=O) groups excluding carboxylic acids is 2. The lowest BCUT2D eigenvalue weighted by Gasteiger charge is -2.25. The van der Waals surface area contributed by atoms with E-state index >= 15 is 0 Å². The van der Waals surface area contributed by atoms with E-state index < -0.39 is 12.1 Å². The summed E-state index contributed by atoms with van der Waals surface area (Å²) in [5.41, 5.74) is 1.13. The van der Waals surface area contributed by atoms with Crippen LogP contribution in [0.25, 0.3) is 11.6 Å². The van der Waals surface area contributed by atoms with Crippen molar-refractivity contribution in [1.29, 1.82) is 5.26 Å². The normalized spacial score (nSPS) is 20.7. The summed E-state index contributed by atoms with van der Waals surface area (Å²) >= 11 is 1.39. The van der Waals surface area contributed by atoms with E-state index in [4.69, 9.17) is 18.9 Å². The van der Waals surface area contributed by atoms with Crippen LogP contribution in [0.5, 0.6) is 11.5 Å². The molecule has 190 valence electrons. The van der Waals surface area contributed by atoms with Gasteiger partial charge in [-0.2, -0.15) is 5.26 Å². The summed E-state index contributed by atoms with van der Waals surface area (Å²) < 4.78 is 21.4. The summed E-state index contributed by atoms with van der Waals surface area (Å²) in [5.74, 6) is 0.363. The van der Waals surface area contributed by atoms with Gasteiger partial charge in [-0.05, 0) is 67.9 Å². The number of rotatable bonds is 9. The van der Waals surface area contributed by atoms with Crippen LogP contribution in [-0.4, -0.2) is 69.9 Å². The summed E-state index contributed by atoms with van der Waals surface area (Å²) in [6, 6.07) is 10.1. The van der Waals surface area contributed by atoms with Gasteiger partial charge in [-0.1, -0.05) is 0 Å². The molecular weight excluding hydrogens is 482 g/mol. The Morgan fingerprint density at radius 1 is 1.14 bits per heavy atom. The van der Waals surface area contributed by atoms with Crippen LogP contribution in [0.2, 0.25) is 0 Å². The van der Waals surface area contributed by atoms with Crippen molar-refractivity contribution >= 4 is 34.9 Å². The van der Waals surface area contributed by atoms with E-state index in [2.05, 4.69) is 11.4 Å². The Bertz CT molecular complexity index is 1180.